The molecular formula is C18H20N4O4. The fourth-order valence-corrected chi connectivity index (χ4v) is 3.21. The second kappa shape index (κ2) is 7.07. The number of carboxylic acids is 1. The Bertz CT molecular complexity index is 806. The zero-order chi connectivity index (χ0) is 17.9. The Morgan fingerprint density at radius 3 is 2.65 bits per heavy atom. The minimum absolute atomic E-state index is 0.261. The lowest BCUT2D eigenvalue weighted by atomic mass is 9.97. The Kier molecular flexibility index (Phi) is 4.47. The smallest absolute Gasteiger partial charge is 0.306 e. The lowest BCUT2D eigenvalue weighted by Crippen LogP contribution is -2.36. The molecule has 1 saturated heterocycles. The molecule has 0 unspecified atom stereocenters. The van der Waals surface area contributed by atoms with Crippen molar-refractivity contribution < 1.29 is 19.4 Å². The van der Waals surface area contributed by atoms with Gasteiger partial charge < -0.3 is 24.8 Å². The average molecular weight is 356 g/mol. The van der Waals surface area contributed by atoms with Crippen molar-refractivity contribution in [1.82, 2.24) is 9.97 Å². The van der Waals surface area contributed by atoms with E-state index in [1.165, 1.54) is 6.33 Å². The number of aromatic nitrogens is 2. The molecule has 2 aliphatic rings. The molecule has 0 amide bonds. The number of aliphatic carboxylic acids is 1. The van der Waals surface area contributed by atoms with Crippen LogP contribution in [-0.4, -0.2) is 47.3 Å². The first-order valence-electron chi connectivity index (χ1n) is 8.65. The molecule has 0 saturated carbocycles. The average Bonchev–Trinajstić information content (AvgIpc) is 2.68. The topological polar surface area (TPSA) is 96.8 Å². The monoisotopic (exact) mass is 356 g/mol. The maximum Gasteiger partial charge on any atom is 0.306 e. The quantitative estimate of drug-likeness (QED) is 0.861. The van der Waals surface area contributed by atoms with E-state index in [1.807, 2.05) is 24.3 Å². The van der Waals surface area contributed by atoms with Gasteiger partial charge in [-0.1, -0.05) is 0 Å². The highest BCUT2D eigenvalue weighted by atomic mass is 16.6. The van der Waals surface area contributed by atoms with Crippen molar-refractivity contribution in [2.45, 2.75) is 12.8 Å². The summed E-state index contributed by atoms with van der Waals surface area (Å²) >= 11 is 0. The molecule has 2 aliphatic heterocycles. The molecular weight excluding hydrogens is 336 g/mol. The van der Waals surface area contributed by atoms with Gasteiger partial charge in [0, 0.05) is 30.9 Å². The van der Waals surface area contributed by atoms with Crippen LogP contribution in [-0.2, 0) is 4.79 Å². The van der Waals surface area contributed by atoms with Gasteiger partial charge in [0.25, 0.3) is 0 Å². The minimum atomic E-state index is -0.715. The summed E-state index contributed by atoms with van der Waals surface area (Å²) in [5, 5.41) is 12.4. The number of ether oxygens (including phenoxy) is 2. The lowest BCUT2D eigenvalue weighted by Gasteiger charge is -2.31. The van der Waals surface area contributed by atoms with E-state index in [2.05, 4.69) is 20.2 Å². The molecule has 26 heavy (non-hydrogen) atoms. The van der Waals surface area contributed by atoms with Crippen LogP contribution in [0.3, 0.4) is 0 Å². The number of hydrogen-bond donors (Lipinski definition) is 2. The van der Waals surface area contributed by atoms with E-state index in [0.29, 0.717) is 50.7 Å². The summed E-state index contributed by atoms with van der Waals surface area (Å²) in [7, 11) is 0. The molecule has 136 valence electrons. The molecule has 0 radical (unpaired) electrons. The van der Waals surface area contributed by atoms with E-state index in [9.17, 15) is 4.79 Å². The Balaban J connectivity index is 1.45. The van der Waals surface area contributed by atoms with E-state index < -0.39 is 5.97 Å². The number of benzene rings is 1. The highest BCUT2D eigenvalue weighted by molar-refractivity contribution is 5.70. The van der Waals surface area contributed by atoms with Gasteiger partial charge >= 0.3 is 5.97 Å². The molecule has 2 aromatic rings. The van der Waals surface area contributed by atoms with Gasteiger partial charge in [-0.25, -0.2) is 9.97 Å². The minimum Gasteiger partial charge on any atom is -0.486 e. The molecule has 8 nitrogen and oxygen atoms in total. The number of nitrogens with one attached hydrogen (secondary N) is 1. The number of carboxylic acid groups (broad SMARTS) is 1. The van der Waals surface area contributed by atoms with Crippen LogP contribution in [0, 0.1) is 5.92 Å². The maximum absolute atomic E-state index is 11.1. The Labute approximate surface area is 150 Å². The third-order valence-electron chi connectivity index (χ3n) is 4.64. The second-order valence-corrected chi connectivity index (χ2v) is 6.34. The fraction of sp³-hybridized carbons (Fsp3) is 0.389. The van der Waals surface area contributed by atoms with Gasteiger partial charge in [-0.2, -0.15) is 0 Å². The van der Waals surface area contributed by atoms with Crippen LogP contribution in [0.25, 0.3) is 0 Å². The zero-order valence-electron chi connectivity index (χ0n) is 14.2. The fourth-order valence-electron chi connectivity index (χ4n) is 3.21. The maximum atomic E-state index is 11.1. The van der Waals surface area contributed by atoms with E-state index in [0.717, 1.165) is 17.3 Å². The zero-order valence-corrected chi connectivity index (χ0v) is 14.2. The van der Waals surface area contributed by atoms with Crippen LogP contribution in [0.4, 0.5) is 17.3 Å². The molecule has 4 rings (SSSR count). The molecule has 0 atom stereocenters. The van der Waals surface area contributed by atoms with Crippen molar-refractivity contribution >= 4 is 23.3 Å². The summed E-state index contributed by atoms with van der Waals surface area (Å²) in [4.78, 5) is 21.8. The third-order valence-corrected chi connectivity index (χ3v) is 4.64. The van der Waals surface area contributed by atoms with E-state index >= 15 is 0 Å². The number of piperidine rings is 1. The van der Waals surface area contributed by atoms with Crippen molar-refractivity contribution in [3.8, 4) is 11.5 Å². The molecule has 0 bridgehead atoms. The van der Waals surface area contributed by atoms with Gasteiger partial charge in [0.15, 0.2) is 11.5 Å². The molecule has 0 aliphatic carbocycles. The first kappa shape index (κ1) is 16.4. The third kappa shape index (κ3) is 3.49. The largest absolute Gasteiger partial charge is 0.486 e. The van der Waals surface area contributed by atoms with E-state index in [-0.39, 0.29) is 5.92 Å². The summed E-state index contributed by atoms with van der Waals surface area (Å²) in [5.74, 6) is 1.95. The van der Waals surface area contributed by atoms with Crippen molar-refractivity contribution in [1.29, 1.82) is 0 Å². The van der Waals surface area contributed by atoms with Gasteiger partial charge in [0.1, 0.15) is 31.2 Å². The molecule has 1 aromatic heterocycles. The van der Waals surface area contributed by atoms with Crippen molar-refractivity contribution in [3.63, 3.8) is 0 Å². The molecule has 0 spiro atoms. The first-order chi connectivity index (χ1) is 12.7. The van der Waals surface area contributed by atoms with Crippen molar-refractivity contribution in [2.24, 2.45) is 5.92 Å². The summed E-state index contributed by atoms with van der Waals surface area (Å²) in [6.45, 7) is 2.46. The first-order valence-corrected chi connectivity index (χ1v) is 8.65. The van der Waals surface area contributed by atoms with Crippen LogP contribution in [0.15, 0.2) is 30.6 Å². The van der Waals surface area contributed by atoms with Gasteiger partial charge in [-0.05, 0) is 25.0 Å². The second-order valence-electron chi connectivity index (χ2n) is 6.34. The Morgan fingerprint density at radius 1 is 1.12 bits per heavy atom. The van der Waals surface area contributed by atoms with Gasteiger partial charge in [0.05, 0.1) is 5.92 Å². The number of anilines is 3. The predicted octanol–water partition coefficient (Wildman–Crippen LogP) is 2.29. The molecule has 2 N–H and O–H groups in total. The standard InChI is InChI=1S/C18H20N4O4/c23-18(24)12-3-5-22(6-4-12)17-10-16(19-11-20-17)21-13-1-2-14-15(9-13)26-8-7-25-14/h1-2,9-12H,3-8H2,(H,23,24)(H,19,20,21). The highest BCUT2D eigenvalue weighted by Crippen LogP contribution is 2.33. The van der Waals surface area contributed by atoms with Crippen LogP contribution in [0.2, 0.25) is 0 Å². The number of carbonyl (C=O) groups is 1. The molecule has 3 heterocycles. The summed E-state index contributed by atoms with van der Waals surface area (Å²) in [5.41, 5.74) is 0.850. The van der Waals surface area contributed by atoms with Gasteiger partial charge in [-0.3, -0.25) is 4.79 Å². The number of nitrogens with zero attached hydrogens (tertiary/aromatic N) is 3. The van der Waals surface area contributed by atoms with Gasteiger partial charge in [-0.15, -0.1) is 0 Å². The predicted molar refractivity (Wildman–Crippen MR) is 95.3 cm³/mol. The van der Waals surface area contributed by atoms with E-state index in [1.54, 1.807) is 0 Å². The summed E-state index contributed by atoms with van der Waals surface area (Å²) in [6, 6.07) is 7.54. The molecule has 1 aromatic carbocycles. The van der Waals surface area contributed by atoms with Gasteiger partial charge in [0.2, 0.25) is 0 Å². The van der Waals surface area contributed by atoms with Crippen LogP contribution in [0.5, 0.6) is 11.5 Å². The summed E-state index contributed by atoms with van der Waals surface area (Å²) in [6.07, 6.45) is 2.77. The normalized spacial score (nSPS) is 17.0. The summed E-state index contributed by atoms with van der Waals surface area (Å²) < 4.78 is 11.1. The Morgan fingerprint density at radius 2 is 1.88 bits per heavy atom. The van der Waals surface area contributed by atoms with Crippen molar-refractivity contribution in [3.05, 3.63) is 30.6 Å². The number of rotatable bonds is 4. The molecule has 8 heteroatoms. The van der Waals surface area contributed by atoms with Crippen LogP contribution in [0.1, 0.15) is 12.8 Å². The SMILES string of the molecule is O=C(O)C1CCN(c2cc(Nc3ccc4c(c3)OCCO4)ncn2)CC1. The molecule has 1 fully saturated rings. The van der Waals surface area contributed by atoms with E-state index in [4.69, 9.17) is 14.6 Å². The Hall–Kier alpha value is -3.03. The number of fused-ring (bicyclic) bond motifs is 1. The van der Waals surface area contributed by atoms with Crippen LogP contribution < -0.4 is 19.7 Å². The lowest BCUT2D eigenvalue weighted by molar-refractivity contribution is -0.142. The highest BCUT2D eigenvalue weighted by Gasteiger charge is 2.25. The van der Waals surface area contributed by atoms with Crippen molar-refractivity contribution in [2.75, 3.05) is 36.5 Å². The number of hydrogen-bond acceptors (Lipinski definition) is 7. The van der Waals surface area contributed by atoms with Crippen LogP contribution >= 0.6 is 0 Å².